The van der Waals surface area contributed by atoms with Gasteiger partial charge in [-0.15, -0.1) is 0 Å². The fourth-order valence-electron chi connectivity index (χ4n) is 2.98. The maximum absolute atomic E-state index is 9.61. The molecule has 1 aliphatic rings. The summed E-state index contributed by atoms with van der Waals surface area (Å²) >= 11 is 0. The molecule has 0 saturated heterocycles. The van der Waals surface area contributed by atoms with Gasteiger partial charge >= 0.3 is 0 Å². The maximum Gasteiger partial charge on any atom is 0.0502 e. The lowest BCUT2D eigenvalue weighted by molar-refractivity contribution is 0.203. The molecule has 0 aliphatic heterocycles. The van der Waals surface area contributed by atoms with Crippen molar-refractivity contribution in [1.29, 1.82) is 0 Å². The third-order valence-corrected chi connectivity index (χ3v) is 3.93. The summed E-state index contributed by atoms with van der Waals surface area (Å²) in [6.45, 7) is 2.55. The molecule has 0 unspecified atom stereocenters. The van der Waals surface area contributed by atoms with Gasteiger partial charge in [-0.1, -0.05) is 44.0 Å². The lowest BCUT2D eigenvalue weighted by Gasteiger charge is -2.32. The fraction of sp³-hybridized carbons (Fsp3) is 0.600. The summed E-state index contributed by atoms with van der Waals surface area (Å²) in [6, 6.07) is 8.63. The van der Waals surface area contributed by atoms with E-state index in [1.165, 1.54) is 43.2 Å². The zero-order valence-corrected chi connectivity index (χ0v) is 10.2. The van der Waals surface area contributed by atoms with Crippen LogP contribution in [-0.4, -0.2) is 11.7 Å². The first-order valence-electron chi connectivity index (χ1n) is 6.55. The molecule has 2 atom stereocenters. The van der Waals surface area contributed by atoms with Gasteiger partial charge in [0, 0.05) is 5.92 Å². The van der Waals surface area contributed by atoms with E-state index in [9.17, 15) is 5.11 Å². The third kappa shape index (κ3) is 2.30. The summed E-state index contributed by atoms with van der Waals surface area (Å²) in [5.74, 6) is 1.08. The summed E-state index contributed by atoms with van der Waals surface area (Å²) in [6.07, 6.45) is 6.28. The van der Waals surface area contributed by atoms with E-state index in [2.05, 4.69) is 31.2 Å². The molecule has 0 aromatic heterocycles. The summed E-state index contributed by atoms with van der Waals surface area (Å²) in [4.78, 5) is 0. The topological polar surface area (TPSA) is 20.2 Å². The van der Waals surface area contributed by atoms with Crippen molar-refractivity contribution in [2.75, 3.05) is 6.61 Å². The Bertz CT molecular complexity index is 332. The number of hydrogen-bond acceptors (Lipinski definition) is 1. The van der Waals surface area contributed by atoms with Crippen LogP contribution in [0.2, 0.25) is 0 Å². The van der Waals surface area contributed by atoms with Crippen molar-refractivity contribution in [2.24, 2.45) is 5.92 Å². The van der Waals surface area contributed by atoms with Crippen LogP contribution in [0, 0.1) is 5.92 Å². The van der Waals surface area contributed by atoms with Crippen LogP contribution in [0.4, 0.5) is 0 Å². The molecule has 2 rings (SSSR count). The Morgan fingerprint density at radius 1 is 1.31 bits per heavy atom. The number of hydrogen-bond donors (Lipinski definition) is 1. The standard InChI is InChI=1S/C15H22O/c1-2-3-6-13-10-9-12-7-4-5-8-14(12)15(13)11-16/h4-5,7-8,13,15-16H,2-3,6,9-11H2,1H3/t13-,15+/m0/s1. The van der Waals surface area contributed by atoms with Crippen molar-refractivity contribution in [1.82, 2.24) is 0 Å². The van der Waals surface area contributed by atoms with Crippen molar-refractivity contribution in [2.45, 2.75) is 44.9 Å². The molecule has 1 N–H and O–H groups in total. The second kappa shape index (κ2) is 5.49. The second-order valence-electron chi connectivity index (χ2n) is 4.93. The molecule has 0 saturated carbocycles. The highest BCUT2D eigenvalue weighted by Gasteiger charge is 2.27. The highest BCUT2D eigenvalue weighted by molar-refractivity contribution is 5.33. The van der Waals surface area contributed by atoms with Gasteiger partial charge in [-0.2, -0.15) is 0 Å². The first kappa shape index (κ1) is 11.7. The quantitative estimate of drug-likeness (QED) is 0.820. The van der Waals surface area contributed by atoms with Crippen LogP contribution in [0.1, 0.15) is 49.7 Å². The molecule has 1 aromatic rings. The van der Waals surface area contributed by atoms with E-state index in [0.29, 0.717) is 18.4 Å². The molecule has 1 aliphatic carbocycles. The van der Waals surface area contributed by atoms with Crippen molar-refractivity contribution >= 4 is 0 Å². The Labute approximate surface area is 98.5 Å². The molecule has 0 heterocycles. The highest BCUT2D eigenvalue weighted by Crippen LogP contribution is 2.38. The van der Waals surface area contributed by atoms with E-state index < -0.39 is 0 Å². The summed E-state index contributed by atoms with van der Waals surface area (Å²) in [7, 11) is 0. The normalized spacial score (nSPS) is 24.1. The molecule has 0 spiro atoms. The Morgan fingerprint density at radius 2 is 2.12 bits per heavy atom. The minimum absolute atomic E-state index is 0.311. The minimum atomic E-state index is 0.311. The monoisotopic (exact) mass is 218 g/mol. The van der Waals surface area contributed by atoms with Crippen molar-refractivity contribution in [3.8, 4) is 0 Å². The molecular formula is C15H22O. The van der Waals surface area contributed by atoms with Gasteiger partial charge < -0.3 is 5.11 Å². The van der Waals surface area contributed by atoms with Crippen LogP contribution in [0.15, 0.2) is 24.3 Å². The van der Waals surface area contributed by atoms with Gasteiger partial charge in [-0.3, -0.25) is 0 Å². The molecule has 0 fully saturated rings. The van der Waals surface area contributed by atoms with E-state index in [1.54, 1.807) is 0 Å². The molecule has 0 radical (unpaired) electrons. The van der Waals surface area contributed by atoms with Gasteiger partial charge in [0.1, 0.15) is 0 Å². The van der Waals surface area contributed by atoms with Crippen molar-refractivity contribution in [3.63, 3.8) is 0 Å². The second-order valence-corrected chi connectivity index (χ2v) is 4.93. The Morgan fingerprint density at radius 3 is 2.88 bits per heavy atom. The number of rotatable bonds is 4. The molecular weight excluding hydrogens is 196 g/mol. The van der Waals surface area contributed by atoms with Crippen LogP contribution in [-0.2, 0) is 6.42 Å². The van der Waals surface area contributed by atoms with Crippen LogP contribution in [0.25, 0.3) is 0 Å². The van der Waals surface area contributed by atoms with E-state index in [4.69, 9.17) is 0 Å². The lowest BCUT2D eigenvalue weighted by Crippen LogP contribution is -2.23. The van der Waals surface area contributed by atoms with Gasteiger partial charge in [0.05, 0.1) is 6.61 Å². The minimum Gasteiger partial charge on any atom is -0.396 e. The number of aliphatic hydroxyl groups is 1. The third-order valence-electron chi connectivity index (χ3n) is 3.93. The zero-order valence-electron chi connectivity index (χ0n) is 10.2. The summed E-state index contributed by atoms with van der Waals surface area (Å²) in [5, 5.41) is 9.61. The molecule has 1 aromatic carbocycles. The molecule has 88 valence electrons. The molecule has 1 nitrogen and oxygen atoms in total. The van der Waals surface area contributed by atoms with Crippen LogP contribution in [0.3, 0.4) is 0 Å². The summed E-state index contributed by atoms with van der Waals surface area (Å²) < 4.78 is 0. The van der Waals surface area contributed by atoms with Gasteiger partial charge in [0.25, 0.3) is 0 Å². The number of unbranched alkanes of at least 4 members (excludes halogenated alkanes) is 1. The Balaban J connectivity index is 2.16. The number of fused-ring (bicyclic) bond motifs is 1. The summed E-state index contributed by atoms with van der Waals surface area (Å²) in [5.41, 5.74) is 2.85. The van der Waals surface area contributed by atoms with E-state index >= 15 is 0 Å². The van der Waals surface area contributed by atoms with Crippen molar-refractivity contribution < 1.29 is 5.11 Å². The lowest BCUT2D eigenvalue weighted by atomic mass is 9.73. The molecule has 0 bridgehead atoms. The van der Waals surface area contributed by atoms with Gasteiger partial charge in [-0.05, 0) is 36.3 Å². The first-order chi connectivity index (χ1) is 7.86. The largest absolute Gasteiger partial charge is 0.396 e. The molecule has 0 amide bonds. The predicted molar refractivity (Wildman–Crippen MR) is 67.6 cm³/mol. The van der Waals surface area contributed by atoms with Crippen LogP contribution < -0.4 is 0 Å². The average molecular weight is 218 g/mol. The maximum atomic E-state index is 9.61. The Hall–Kier alpha value is -0.820. The van der Waals surface area contributed by atoms with Crippen LogP contribution >= 0.6 is 0 Å². The van der Waals surface area contributed by atoms with Gasteiger partial charge in [0.15, 0.2) is 0 Å². The van der Waals surface area contributed by atoms with Crippen LogP contribution in [0.5, 0.6) is 0 Å². The average Bonchev–Trinajstić information content (AvgIpc) is 2.35. The number of benzene rings is 1. The Kier molecular flexibility index (Phi) is 4.00. The van der Waals surface area contributed by atoms with Gasteiger partial charge in [0.2, 0.25) is 0 Å². The first-order valence-corrected chi connectivity index (χ1v) is 6.55. The molecule has 16 heavy (non-hydrogen) atoms. The predicted octanol–water partition coefficient (Wildman–Crippen LogP) is 3.52. The van der Waals surface area contributed by atoms with E-state index in [-0.39, 0.29) is 0 Å². The van der Waals surface area contributed by atoms with E-state index in [0.717, 1.165) is 0 Å². The van der Waals surface area contributed by atoms with E-state index in [1.807, 2.05) is 0 Å². The molecule has 1 heteroatoms. The fourth-order valence-corrected chi connectivity index (χ4v) is 2.98. The zero-order chi connectivity index (χ0) is 11.4. The van der Waals surface area contributed by atoms with Gasteiger partial charge in [-0.25, -0.2) is 0 Å². The number of aliphatic hydroxyl groups excluding tert-OH is 1. The highest BCUT2D eigenvalue weighted by atomic mass is 16.3. The SMILES string of the molecule is CCCC[C@H]1CCc2ccccc2[C@@H]1CO. The number of aryl methyl sites for hydroxylation is 1. The smallest absolute Gasteiger partial charge is 0.0502 e. The van der Waals surface area contributed by atoms with Crippen molar-refractivity contribution in [3.05, 3.63) is 35.4 Å².